The third-order valence-corrected chi connectivity index (χ3v) is 3.89. The molecule has 114 valence electrons. The van der Waals surface area contributed by atoms with Gasteiger partial charge >= 0.3 is 0 Å². The van der Waals surface area contributed by atoms with Gasteiger partial charge in [0, 0.05) is 0 Å². The molecule has 2 aromatic carbocycles. The Morgan fingerprint density at radius 2 is 1.65 bits per heavy atom. The largest absolute Gasteiger partial charge is 0.298 e. The van der Waals surface area contributed by atoms with E-state index in [1.54, 1.807) is 18.2 Å². The number of amides is 2. The van der Waals surface area contributed by atoms with Crippen molar-refractivity contribution < 1.29 is 9.59 Å². The summed E-state index contributed by atoms with van der Waals surface area (Å²) in [5, 5.41) is 2.67. The molecule has 23 heavy (non-hydrogen) atoms. The van der Waals surface area contributed by atoms with Crippen LogP contribution in [-0.4, -0.2) is 16.9 Å². The van der Waals surface area contributed by atoms with Gasteiger partial charge < -0.3 is 0 Å². The van der Waals surface area contributed by atoms with Crippen LogP contribution in [0.15, 0.2) is 60.2 Å². The number of nitrogens with one attached hydrogen (secondary N) is 1. The zero-order chi connectivity index (χ0) is 16.4. The van der Waals surface area contributed by atoms with E-state index >= 15 is 0 Å². The van der Waals surface area contributed by atoms with Crippen LogP contribution < -0.4 is 10.2 Å². The minimum absolute atomic E-state index is 0.0664. The molecule has 1 fully saturated rings. The van der Waals surface area contributed by atoms with E-state index in [1.165, 1.54) is 4.90 Å². The van der Waals surface area contributed by atoms with Crippen molar-refractivity contribution in [2.75, 3.05) is 4.90 Å². The lowest BCUT2D eigenvalue weighted by atomic mass is 10.0. The number of para-hydroxylation sites is 1. The van der Waals surface area contributed by atoms with Gasteiger partial charge in [0.05, 0.1) is 5.69 Å². The van der Waals surface area contributed by atoms with Crippen LogP contribution in [0.3, 0.4) is 0 Å². The molecule has 1 N–H and O–H groups in total. The summed E-state index contributed by atoms with van der Waals surface area (Å²) in [4.78, 5) is 26.3. The van der Waals surface area contributed by atoms with Crippen LogP contribution in [-0.2, 0) is 9.59 Å². The second kappa shape index (κ2) is 6.14. The molecule has 0 aromatic heterocycles. The molecule has 1 aliphatic rings. The fourth-order valence-electron chi connectivity index (χ4n) is 2.37. The molecule has 2 amide bonds. The molecule has 0 unspecified atom stereocenters. The van der Waals surface area contributed by atoms with Crippen molar-refractivity contribution in [2.45, 2.75) is 6.92 Å². The van der Waals surface area contributed by atoms with Gasteiger partial charge in [0.2, 0.25) is 0 Å². The predicted molar refractivity (Wildman–Crippen MR) is 93.8 cm³/mol. The normalized spacial score (nSPS) is 16.7. The van der Waals surface area contributed by atoms with Gasteiger partial charge in [-0.25, -0.2) is 0 Å². The summed E-state index contributed by atoms with van der Waals surface area (Å²) in [7, 11) is 0. The summed E-state index contributed by atoms with van der Waals surface area (Å²) in [5.41, 5.74) is 2.50. The molecule has 0 spiro atoms. The first-order valence-electron chi connectivity index (χ1n) is 7.10. The van der Waals surface area contributed by atoms with Crippen LogP contribution in [0.2, 0.25) is 0 Å². The molecular formula is C18H14N2O2S. The number of rotatable bonds is 2. The number of carbonyl (C=O) groups is 2. The Hall–Kier alpha value is -2.79. The molecule has 0 aliphatic carbocycles. The van der Waals surface area contributed by atoms with Gasteiger partial charge in [0.25, 0.3) is 11.8 Å². The Morgan fingerprint density at radius 1 is 1.00 bits per heavy atom. The molecule has 0 bridgehead atoms. The highest BCUT2D eigenvalue weighted by molar-refractivity contribution is 7.80. The number of anilines is 1. The topological polar surface area (TPSA) is 49.4 Å². The highest BCUT2D eigenvalue weighted by Crippen LogP contribution is 2.22. The summed E-state index contributed by atoms with van der Waals surface area (Å²) >= 11 is 5.15. The first-order valence-corrected chi connectivity index (χ1v) is 7.51. The lowest BCUT2D eigenvalue weighted by Gasteiger charge is -2.28. The van der Waals surface area contributed by atoms with Gasteiger partial charge in [-0.2, -0.15) is 0 Å². The summed E-state index contributed by atoms with van der Waals surface area (Å²) in [6.45, 7) is 1.93. The quantitative estimate of drug-likeness (QED) is 0.525. The monoisotopic (exact) mass is 322 g/mol. The maximum atomic E-state index is 12.8. The Kier molecular flexibility index (Phi) is 4.04. The van der Waals surface area contributed by atoms with Crippen molar-refractivity contribution in [1.29, 1.82) is 0 Å². The Bertz CT molecular complexity index is 828. The van der Waals surface area contributed by atoms with Gasteiger partial charge in [0.15, 0.2) is 5.11 Å². The van der Waals surface area contributed by atoms with Gasteiger partial charge in [0.1, 0.15) is 5.57 Å². The number of hydrogen-bond acceptors (Lipinski definition) is 3. The molecule has 0 saturated carbocycles. The first kappa shape index (κ1) is 15.1. The fraction of sp³-hybridized carbons (Fsp3) is 0.0556. The fourth-order valence-corrected chi connectivity index (χ4v) is 2.65. The molecule has 4 nitrogen and oxygen atoms in total. The van der Waals surface area contributed by atoms with Crippen molar-refractivity contribution >= 4 is 40.9 Å². The van der Waals surface area contributed by atoms with Crippen LogP contribution in [0.25, 0.3) is 6.08 Å². The molecule has 5 heteroatoms. The van der Waals surface area contributed by atoms with Crippen LogP contribution in [0.4, 0.5) is 5.69 Å². The zero-order valence-electron chi connectivity index (χ0n) is 12.4. The van der Waals surface area contributed by atoms with Crippen molar-refractivity contribution in [3.8, 4) is 0 Å². The van der Waals surface area contributed by atoms with Crippen molar-refractivity contribution in [1.82, 2.24) is 5.32 Å². The van der Waals surface area contributed by atoms with E-state index in [1.807, 2.05) is 49.4 Å². The number of thiocarbonyl (C=S) groups is 1. The summed E-state index contributed by atoms with van der Waals surface area (Å²) < 4.78 is 0. The van der Waals surface area contributed by atoms with E-state index in [0.717, 1.165) is 11.1 Å². The molecular weight excluding hydrogens is 308 g/mol. The van der Waals surface area contributed by atoms with Gasteiger partial charge in [-0.3, -0.25) is 19.8 Å². The maximum absolute atomic E-state index is 12.8. The van der Waals surface area contributed by atoms with Crippen LogP contribution in [0.1, 0.15) is 11.1 Å². The molecule has 0 atom stereocenters. The highest BCUT2D eigenvalue weighted by Gasteiger charge is 2.34. The number of aryl methyl sites for hydroxylation is 1. The summed E-state index contributed by atoms with van der Waals surface area (Å²) in [6.07, 6.45) is 1.60. The summed E-state index contributed by atoms with van der Waals surface area (Å²) in [6, 6.07) is 16.6. The van der Waals surface area contributed by atoms with E-state index in [2.05, 4.69) is 5.32 Å². The van der Waals surface area contributed by atoms with E-state index < -0.39 is 11.8 Å². The molecule has 1 saturated heterocycles. The lowest BCUT2D eigenvalue weighted by molar-refractivity contribution is -0.122. The number of hydrogen-bond donors (Lipinski definition) is 1. The van der Waals surface area contributed by atoms with Crippen molar-refractivity contribution in [3.05, 3.63) is 71.3 Å². The minimum atomic E-state index is -0.476. The average Bonchev–Trinajstić information content (AvgIpc) is 2.54. The van der Waals surface area contributed by atoms with E-state index in [-0.39, 0.29) is 10.7 Å². The molecule has 2 aromatic rings. The molecule has 1 aliphatic heterocycles. The predicted octanol–water partition coefficient (Wildman–Crippen LogP) is 2.83. The first-order chi connectivity index (χ1) is 11.1. The molecule has 0 radical (unpaired) electrons. The Balaban J connectivity index is 2.04. The van der Waals surface area contributed by atoms with E-state index in [9.17, 15) is 9.59 Å². The average molecular weight is 322 g/mol. The smallest absolute Gasteiger partial charge is 0.270 e. The molecule has 1 heterocycles. The van der Waals surface area contributed by atoms with Gasteiger partial charge in [-0.15, -0.1) is 0 Å². The van der Waals surface area contributed by atoms with E-state index in [4.69, 9.17) is 12.2 Å². The standard InChI is InChI=1S/C18H14N2O2S/c1-12-7-5-6-8-13(12)11-15-16(21)19-18(23)20(17(15)22)14-9-3-2-4-10-14/h2-11H,1H3,(H,19,21,23)/b15-11-. The third kappa shape index (κ3) is 2.91. The van der Waals surface area contributed by atoms with Gasteiger partial charge in [-0.1, -0.05) is 42.5 Å². The van der Waals surface area contributed by atoms with Crippen molar-refractivity contribution in [2.24, 2.45) is 0 Å². The third-order valence-electron chi connectivity index (χ3n) is 3.60. The second-order valence-electron chi connectivity index (χ2n) is 5.15. The maximum Gasteiger partial charge on any atom is 0.270 e. The Labute approximate surface area is 139 Å². The lowest BCUT2D eigenvalue weighted by Crippen LogP contribution is -2.54. The SMILES string of the molecule is Cc1ccccc1/C=C1/C(=O)NC(=S)N(c2ccccc2)C1=O. The van der Waals surface area contributed by atoms with Crippen molar-refractivity contribution in [3.63, 3.8) is 0 Å². The number of carbonyl (C=O) groups excluding carboxylic acids is 2. The van der Waals surface area contributed by atoms with E-state index in [0.29, 0.717) is 5.69 Å². The second-order valence-corrected chi connectivity index (χ2v) is 5.54. The number of nitrogens with zero attached hydrogens (tertiary/aromatic N) is 1. The minimum Gasteiger partial charge on any atom is -0.298 e. The van der Waals surface area contributed by atoms with Crippen LogP contribution in [0.5, 0.6) is 0 Å². The number of benzene rings is 2. The summed E-state index contributed by atoms with van der Waals surface area (Å²) in [5.74, 6) is -0.899. The van der Waals surface area contributed by atoms with Crippen LogP contribution >= 0.6 is 12.2 Å². The highest BCUT2D eigenvalue weighted by atomic mass is 32.1. The van der Waals surface area contributed by atoms with Gasteiger partial charge in [-0.05, 0) is 48.5 Å². The Morgan fingerprint density at radius 3 is 2.35 bits per heavy atom. The molecule has 3 rings (SSSR count). The van der Waals surface area contributed by atoms with Crippen LogP contribution in [0, 0.1) is 6.92 Å². The zero-order valence-corrected chi connectivity index (χ0v) is 13.3.